The second kappa shape index (κ2) is 4.91. The van der Waals surface area contributed by atoms with Crippen molar-refractivity contribution in [3.05, 3.63) is 35.9 Å². The molecule has 0 aliphatic rings. The Morgan fingerprint density at radius 3 is 2.43 bits per heavy atom. The van der Waals surface area contributed by atoms with E-state index in [1.165, 1.54) is 0 Å². The highest BCUT2D eigenvalue weighted by molar-refractivity contribution is 6.55. The van der Waals surface area contributed by atoms with Crippen LogP contribution in [0.3, 0.4) is 0 Å². The van der Waals surface area contributed by atoms with Crippen molar-refractivity contribution in [3.63, 3.8) is 0 Å². The highest BCUT2D eigenvalue weighted by Gasteiger charge is 2.13. The lowest BCUT2D eigenvalue weighted by molar-refractivity contribution is -0.155. The smallest absolute Gasteiger partial charge is 0.382 e. The maximum atomic E-state index is 10.7. The molecule has 0 unspecified atom stereocenters. The average Bonchev–Trinajstić information content (AvgIpc) is 2.26. The molecule has 0 bridgehead atoms. The van der Waals surface area contributed by atoms with Crippen molar-refractivity contribution in [1.29, 1.82) is 0 Å². The molecule has 0 aromatic heterocycles. The van der Waals surface area contributed by atoms with Gasteiger partial charge in [-0.1, -0.05) is 30.3 Å². The van der Waals surface area contributed by atoms with Crippen LogP contribution in [0.2, 0.25) is 0 Å². The molecule has 0 heterocycles. The summed E-state index contributed by atoms with van der Waals surface area (Å²) in [5, 5.41) is 0. The van der Waals surface area contributed by atoms with Crippen LogP contribution in [0.15, 0.2) is 30.3 Å². The Hall–Kier alpha value is -1.97. The van der Waals surface area contributed by atoms with Crippen molar-refractivity contribution in [2.45, 2.75) is 6.61 Å². The predicted octanol–water partition coefficient (Wildman–Crippen LogP) is 0.498. The van der Waals surface area contributed by atoms with E-state index in [1.54, 1.807) is 24.3 Å². The zero-order valence-corrected chi connectivity index (χ0v) is 7.30. The van der Waals surface area contributed by atoms with Gasteiger partial charge in [0.15, 0.2) is 6.29 Å². The minimum absolute atomic E-state index is 0.000741. The highest BCUT2D eigenvalue weighted by Crippen LogP contribution is 2.00. The van der Waals surface area contributed by atoms with Gasteiger partial charge in [0.25, 0.3) is 0 Å². The molecule has 0 atom stereocenters. The fourth-order valence-electron chi connectivity index (χ4n) is 0.842. The topological polar surface area (TPSA) is 60.4 Å². The van der Waals surface area contributed by atoms with Crippen LogP contribution in [-0.4, -0.2) is 18.0 Å². The normalized spacial score (nSPS) is 9.14. The molecule has 0 N–H and O–H groups in total. The van der Waals surface area contributed by atoms with Gasteiger partial charge in [0, 0.05) is 0 Å². The van der Waals surface area contributed by atoms with Gasteiger partial charge >= 0.3 is 11.8 Å². The van der Waals surface area contributed by atoms with Crippen LogP contribution >= 0.6 is 0 Å². The van der Waals surface area contributed by atoms with Crippen molar-refractivity contribution >= 4 is 18.0 Å². The monoisotopic (exact) mass is 192 g/mol. The Kier molecular flexibility index (Phi) is 3.55. The molecule has 1 rings (SSSR count). The van der Waals surface area contributed by atoms with E-state index in [0.29, 0.717) is 0 Å². The van der Waals surface area contributed by atoms with E-state index >= 15 is 0 Å². The number of Topliss-reactive ketones (excluding diaryl/α,β-unsaturated/α-hetero) is 1. The van der Waals surface area contributed by atoms with Crippen molar-refractivity contribution in [1.82, 2.24) is 0 Å². The van der Waals surface area contributed by atoms with Gasteiger partial charge in [-0.25, -0.2) is 4.79 Å². The Bertz CT molecular complexity index is 342. The fourth-order valence-corrected chi connectivity index (χ4v) is 0.842. The highest BCUT2D eigenvalue weighted by atomic mass is 16.5. The van der Waals surface area contributed by atoms with Crippen molar-refractivity contribution in [2.75, 3.05) is 0 Å². The van der Waals surface area contributed by atoms with Crippen LogP contribution in [0.5, 0.6) is 0 Å². The van der Waals surface area contributed by atoms with Crippen molar-refractivity contribution < 1.29 is 19.1 Å². The second-order valence-electron chi connectivity index (χ2n) is 2.54. The van der Waals surface area contributed by atoms with Crippen LogP contribution in [-0.2, 0) is 25.7 Å². The summed E-state index contributed by atoms with van der Waals surface area (Å²) in [4.78, 5) is 31.1. The third-order valence-corrected chi connectivity index (χ3v) is 1.52. The van der Waals surface area contributed by atoms with E-state index in [2.05, 4.69) is 4.74 Å². The number of hydrogen-bond acceptors (Lipinski definition) is 4. The second-order valence-corrected chi connectivity index (χ2v) is 2.54. The minimum atomic E-state index is -1.17. The first-order valence-electron chi connectivity index (χ1n) is 3.94. The zero-order valence-electron chi connectivity index (χ0n) is 7.30. The number of hydrogen-bond donors (Lipinski definition) is 0. The summed E-state index contributed by atoms with van der Waals surface area (Å²) >= 11 is 0. The molecule has 0 saturated carbocycles. The predicted molar refractivity (Wildman–Crippen MR) is 47.3 cm³/mol. The fraction of sp³-hybridized carbons (Fsp3) is 0.100. The SMILES string of the molecule is O=CC(=O)C(=O)OCc1ccccc1. The quantitative estimate of drug-likeness (QED) is 0.301. The Labute approximate surface area is 80.5 Å². The summed E-state index contributed by atoms with van der Waals surface area (Å²) in [6.45, 7) is -0.000741. The molecule has 0 fully saturated rings. The van der Waals surface area contributed by atoms with Crippen LogP contribution < -0.4 is 0 Å². The standard InChI is InChI=1S/C10H8O4/c11-6-9(12)10(13)14-7-8-4-2-1-3-5-8/h1-6H,7H2. The van der Waals surface area contributed by atoms with Gasteiger partial charge < -0.3 is 4.74 Å². The number of esters is 1. The van der Waals surface area contributed by atoms with Crippen LogP contribution in [0.4, 0.5) is 0 Å². The van der Waals surface area contributed by atoms with Gasteiger partial charge in [0.1, 0.15) is 6.61 Å². The molecule has 0 aliphatic carbocycles. The summed E-state index contributed by atoms with van der Waals surface area (Å²) in [5.41, 5.74) is 0.763. The number of aldehydes is 1. The first-order valence-corrected chi connectivity index (χ1v) is 3.94. The van der Waals surface area contributed by atoms with E-state index < -0.39 is 11.8 Å². The lowest BCUT2D eigenvalue weighted by Gasteiger charge is -2.00. The van der Waals surface area contributed by atoms with Gasteiger partial charge in [0.2, 0.25) is 0 Å². The molecule has 0 radical (unpaired) electrons. The molecule has 0 saturated heterocycles. The lowest BCUT2D eigenvalue weighted by atomic mass is 10.2. The Balaban J connectivity index is 2.46. The van der Waals surface area contributed by atoms with Crippen molar-refractivity contribution in [3.8, 4) is 0 Å². The molecule has 0 aliphatic heterocycles. The van der Waals surface area contributed by atoms with E-state index in [9.17, 15) is 14.4 Å². The summed E-state index contributed by atoms with van der Waals surface area (Å²) in [5.74, 6) is -2.29. The molecule has 72 valence electrons. The van der Waals surface area contributed by atoms with Crippen LogP contribution in [0.1, 0.15) is 5.56 Å². The molecule has 14 heavy (non-hydrogen) atoms. The molecule has 1 aromatic rings. The Morgan fingerprint density at radius 2 is 1.86 bits per heavy atom. The molecule has 1 aromatic carbocycles. The molecule has 0 spiro atoms. The average molecular weight is 192 g/mol. The van der Waals surface area contributed by atoms with Crippen LogP contribution in [0.25, 0.3) is 0 Å². The number of ether oxygens (including phenoxy) is 1. The zero-order chi connectivity index (χ0) is 10.4. The molecular weight excluding hydrogens is 184 g/mol. The number of ketones is 1. The molecule has 0 amide bonds. The maximum absolute atomic E-state index is 10.7. The van der Waals surface area contributed by atoms with Gasteiger partial charge in [-0.2, -0.15) is 0 Å². The van der Waals surface area contributed by atoms with Gasteiger partial charge in [0.05, 0.1) is 0 Å². The van der Waals surface area contributed by atoms with E-state index in [4.69, 9.17) is 0 Å². The molecular formula is C10H8O4. The van der Waals surface area contributed by atoms with Gasteiger partial charge in [-0.3, -0.25) is 9.59 Å². The van der Waals surface area contributed by atoms with Crippen LogP contribution in [0, 0.1) is 0 Å². The largest absolute Gasteiger partial charge is 0.455 e. The molecule has 4 nitrogen and oxygen atoms in total. The summed E-state index contributed by atoms with van der Waals surface area (Å²) in [7, 11) is 0. The number of carbonyl (C=O) groups is 3. The third kappa shape index (κ3) is 2.82. The van der Waals surface area contributed by atoms with E-state index in [1.807, 2.05) is 6.07 Å². The molecule has 4 heteroatoms. The number of carbonyl (C=O) groups excluding carboxylic acids is 3. The van der Waals surface area contributed by atoms with Crippen molar-refractivity contribution in [2.24, 2.45) is 0 Å². The third-order valence-electron chi connectivity index (χ3n) is 1.52. The number of rotatable bonds is 4. The summed E-state index contributed by atoms with van der Waals surface area (Å²) < 4.78 is 4.56. The van der Waals surface area contributed by atoms with E-state index in [-0.39, 0.29) is 12.9 Å². The van der Waals surface area contributed by atoms with E-state index in [0.717, 1.165) is 5.56 Å². The summed E-state index contributed by atoms with van der Waals surface area (Å²) in [6.07, 6.45) is -0.0622. The van der Waals surface area contributed by atoms with Gasteiger partial charge in [-0.05, 0) is 5.56 Å². The first-order chi connectivity index (χ1) is 6.74. The number of benzene rings is 1. The Morgan fingerprint density at radius 1 is 1.21 bits per heavy atom. The lowest BCUT2D eigenvalue weighted by Crippen LogP contribution is -2.17. The summed E-state index contributed by atoms with van der Waals surface area (Å²) in [6, 6.07) is 8.88. The first kappa shape index (κ1) is 10.1. The van der Waals surface area contributed by atoms with Gasteiger partial charge in [-0.15, -0.1) is 0 Å². The maximum Gasteiger partial charge on any atom is 0.382 e. The minimum Gasteiger partial charge on any atom is -0.455 e.